The van der Waals surface area contributed by atoms with Gasteiger partial charge >= 0.3 is 5.69 Å². The molecule has 0 spiro atoms. The number of hydrogen-bond donors (Lipinski definition) is 2. The first-order valence-corrected chi connectivity index (χ1v) is 9.08. The molecule has 0 saturated heterocycles. The number of aromatic amines is 1. The summed E-state index contributed by atoms with van der Waals surface area (Å²) in [7, 11) is 3.40. The molecule has 1 amide bonds. The number of benzene rings is 1. The Kier molecular flexibility index (Phi) is 5.78. The quantitative estimate of drug-likeness (QED) is 0.584. The lowest BCUT2D eigenvalue weighted by Crippen LogP contribution is -2.38. The van der Waals surface area contributed by atoms with Crippen molar-refractivity contribution in [2.75, 3.05) is 7.11 Å². The van der Waals surface area contributed by atoms with Gasteiger partial charge in [-0.15, -0.1) is 0 Å². The number of carbonyl (C=O) groups excluding carboxylic acids is 1. The summed E-state index contributed by atoms with van der Waals surface area (Å²) in [5.41, 5.74) is -0.412. The van der Waals surface area contributed by atoms with E-state index in [1.54, 1.807) is 36.2 Å². The van der Waals surface area contributed by atoms with E-state index in [9.17, 15) is 14.4 Å². The fraction of sp³-hybridized carbons (Fsp3) is 0.222. The molecule has 0 aliphatic heterocycles. The van der Waals surface area contributed by atoms with Gasteiger partial charge in [-0.05, 0) is 33.6 Å². The lowest BCUT2D eigenvalue weighted by atomic mass is 10.1. The highest BCUT2D eigenvalue weighted by molar-refractivity contribution is 9.10. The molecule has 10 heteroatoms. The van der Waals surface area contributed by atoms with Crippen LogP contribution in [0, 0.1) is 0 Å². The molecule has 0 bridgehead atoms. The molecule has 0 aliphatic carbocycles. The van der Waals surface area contributed by atoms with Crippen molar-refractivity contribution in [3.8, 4) is 5.75 Å². The minimum absolute atomic E-state index is 0.163. The van der Waals surface area contributed by atoms with Crippen LogP contribution in [-0.4, -0.2) is 32.1 Å². The standard InChI is InChI=1S/C18H18BrN5O4/c1-23-8-7-20-16(23)15(11-3-5-12(28-2)6-4-11)21-14(25)10-24-9-13(19)17(26)22-18(24)27/h3-9,15H,10H2,1-2H3,(H,21,25)(H,22,26,27)/t15-/m1/s1. The predicted octanol–water partition coefficient (Wildman–Crippen LogP) is 0.947. The van der Waals surface area contributed by atoms with Crippen LogP contribution in [0.3, 0.4) is 0 Å². The Morgan fingerprint density at radius 3 is 2.64 bits per heavy atom. The third kappa shape index (κ3) is 4.22. The number of ether oxygens (including phenoxy) is 1. The summed E-state index contributed by atoms with van der Waals surface area (Å²) in [6.45, 7) is -0.259. The number of carbonyl (C=O) groups is 1. The first kappa shape index (κ1) is 19.6. The van der Waals surface area contributed by atoms with E-state index in [4.69, 9.17) is 4.74 Å². The number of amides is 1. The number of rotatable bonds is 6. The maximum atomic E-state index is 12.6. The summed E-state index contributed by atoms with van der Waals surface area (Å²) in [4.78, 5) is 42.5. The number of halogens is 1. The Bertz CT molecular complexity index is 1100. The summed E-state index contributed by atoms with van der Waals surface area (Å²) in [5, 5.41) is 2.89. The molecule has 0 aliphatic rings. The van der Waals surface area contributed by atoms with Crippen LogP contribution in [0.15, 0.2) is 56.9 Å². The molecule has 2 N–H and O–H groups in total. The molecular weight excluding hydrogens is 430 g/mol. The van der Waals surface area contributed by atoms with Crippen LogP contribution >= 0.6 is 15.9 Å². The summed E-state index contributed by atoms with van der Waals surface area (Å²) >= 11 is 3.05. The second-order valence-electron chi connectivity index (χ2n) is 6.03. The van der Waals surface area contributed by atoms with E-state index >= 15 is 0 Å². The van der Waals surface area contributed by atoms with Crippen LogP contribution in [0.25, 0.3) is 0 Å². The van der Waals surface area contributed by atoms with Gasteiger partial charge in [-0.3, -0.25) is 19.1 Å². The Morgan fingerprint density at radius 2 is 2.04 bits per heavy atom. The normalized spacial score (nSPS) is 11.8. The summed E-state index contributed by atoms with van der Waals surface area (Å²) in [6, 6.07) is 6.73. The number of nitrogens with one attached hydrogen (secondary N) is 2. The second-order valence-corrected chi connectivity index (χ2v) is 6.89. The van der Waals surface area contributed by atoms with Gasteiger partial charge in [0.1, 0.15) is 24.2 Å². The van der Waals surface area contributed by atoms with E-state index in [1.807, 2.05) is 19.2 Å². The molecule has 2 heterocycles. The molecule has 1 aromatic carbocycles. The zero-order valence-electron chi connectivity index (χ0n) is 15.2. The highest BCUT2D eigenvalue weighted by Crippen LogP contribution is 2.23. The topological polar surface area (TPSA) is 111 Å². The molecular formula is C18H18BrN5O4. The SMILES string of the molecule is COc1ccc([C@@H](NC(=O)Cn2cc(Br)c(=O)[nH]c2=O)c2nccn2C)cc1. The molecule has 0 fully saturated rings. The number of aromatic nitrogens is 4. The maximum absolute atomic E-state index is 12.6. The lowest BCUT2D eigenvalue weighted by molar-refractivity contribution is -0.122. The van der Waals surface area contributed by atoms with Crippen molar-refractivity contribution >= 4 is 21.8 Å². The fourth-order valence-corrected chi connectivity index (χ4v) is 3.06. The molecule has 9 nitrogen and oxygen atoms in total. The molecule has 0 saturated carbocycles. The van der Waals surface area contributed by atoms with E-state index in [2.05, 4.69) is 31.2 Å². The smallest absolute Gasteiger partial charge is 0.328 e. The van der Waals surface area contributed by atoms with Crippen LogP contribution in [0.5, 0.6) is 5.75 Å². The van der Waals surface area contributed by atoms with Crippen LogP contribution in [-0.2, 0) is 18.4 Å². The zero-order chi connectivity index (χ0) is 20.3. The van der Waals surface area contributed by atoms with E-state index < -0.39 is 23.2 Å². The average Bonchev–Trinajstić information content (AvgIpc) is 3.10. The number of hydrogen-bond acceptors (Lipinski definition) is 5. The summed E-state index contributed by atoms with van der Waals surface area (Å²) in [5.74, 6) is 0.914. The van der Waals surface area contributed by atoms with Gasteiger partial charge in [0, 0.05) is 25.6 Å². The first-order chi connectivity index (χ1) is 13.4. The van der Waals surface area contributed by atoms with E-state index in [0.717, 1.165) is 10.1 Å². The number of nitrogens with zero attached hydrogens (tertiary/aromatic N) is 3. The van der Waals surface area contributed by atoms with Crippen LogP contribution in [0.4, 0.5) is 0 Å². The minimum atomic E-state index is -0.665. The van der Waals surface area contributed by atoms with Crippen molar-refractivity contribution < 1.29 is 9.53 Å². The number of H-pyrrole nitrogens is 1. The largest absolute Gasteiger partial charge is 0.497 e. The molecule has 3 aromatic rings. The molecule has 0 radical (unpaired) electrons. The fourth-order valence-electron chi connectivity index (χ4n) is 2.71. The van der Waals surface area contributed by atoms with Crippen molar-refractivity contribution in [2.45, 2.75) is 12.6 Å². The molecule has 0 unspecified atom stereocenters. The van der Waals surface area contributed by atoms with Crippen molar-refractivity contribution in [1.29, 1.82) is 0 Å². The number of aryl methyl sites for hydroxylation is 1. The molecule has 146 valence electrons. The van der Waals surface area contributed by atoms with Crippen LogP contribution in [0.2, 0.25) is 0 Å². The van der Waals surface area contributed by atoms with Crippen LogP contribution < -0.4 is 21.3 Å². The molecule has 1 atom stereocenters. The Balaban J connectivity index is 1.88. The van der Waals surface area contributed by atoms with E-state index in [0.29, 0.717) is 11.6 Å². The highest BCUT2D eigenvalue weighted by Gasteiger charge is 2.21. The van der Waals surface area contributed by atoms with Crippen molar-refractivity contribution in [1.82, 2.24) is 24.4 Å². The Labute approximate surface area is 168 Å². The van der Waals surface area contributed by atoms with Crippen molar-refractivity contribution in [2.24, 2.45) is 7.05 Å². The average molecular weight is 448 g/mol. The summed E-state index contributed by atoms with van der Waals surface area (Å²) in [6.07, 6.45) is 4.70. The van der Waals surface area contributed by atoms with Gasteiger partial charge in [0.15, 0.2) is 0 Å². The molecule has 28 heavy (non-hydrogen) atoms. The maximum Gasteiger partial charge on any atom is 0.328 e. The van der Waals surface area contributed by atoms with Crippen LogP contribution in [0.1, 0.15) is 17.4 Å². The van der Waals surface area contributed by atoms with Gasteiger partial charge in [-0.2, -0.15) is 0 Å². The molecule has 3 rings (SSSR count). The number of imidazole rings is 1. The van der Waals surface area contributed by atoms with Crippen molar-refractivity contribution in [3.63, 3.8) is 0 Å². The van der Waals surface area contributed by atoms with Gasteiger partial charge in [-0.1, -0.05) is 12.1 Å². The minimum Gasteiger partial charge on any atom is -0.497 e. The predicted molar refractivity (Wildman–Crippen MR) is 105 cm³/mol. The Hall–Kier alpha value is -3.14. The van der Waals surface area contributed by atoms with Gasteiger partial charge in [0.05, 0.1) is 11.6 Å². The monoisotopic (exact) mass is 447 g/mol. The van der Waals surface area contributed by atoms with E-state index in [-0.39, 0.29) is 11.0 Å². The number of methoxy groups -OCH3 is 1. The van der Waals surface area contributed by atoms with Gasteiger partial charge in [0.2, 0.25) is 5.91 Å². The summed E-state index contributed by atoms with van der Waals surface area (Å²) < 4.78 is 8.26. The van der Waals surface area contributed by atoms with Gasteiger partial charge < -0.3 is 14.6 Å². The van der Waals surface area contributed by atoms with Gasteiger partial charge in [-0.25, -0.2) is 9.78 Å². The van der Waals surface area contributed by atoms with Crippen molar-refractivity contribution in [3.05, 3.63) is 79.6 Å². The third-order valence-corrected chi connectivity index (χ3v) is 4.72. The third-order valence-electron chi connectivity index (χ3n) is 4.15. The van der Waals surface area contributed by atoms with E-state index in [1.165, 1.54) is 6.20 Å². The molecule has 2 aromatic heterocycles. The highest BCUT2D eigenvalue weighted by atomic mass is 79.9. The second kappa shape index (κ2) is 8.26. The van der Waals surface area contributed by atoms with Gasteiger partial charge in [0.25, 0.3) is 5.56 Å². The zero-order valence-corrected chi connectivity index (χ0v) is 16.8. The first-order valence-electron chi connectivity index (χ1n) is 8.29. The Morgan fingerprint density at radius 1 is 1.32 bits per heavy atom. The lowest BCUT2D eigenvalue weighted by Gasteiger charge is -2.20.